The number of unbranched alkanes of at least 4 members (excludes halogenated alkanes) is 3. The number of hydrogen-bond donors (Lipinski definition) is 5. The van der Waals surface area contributed by atoms with Crippen molar-refractivity contribution in [3.8, 4) is 34.5 Å². The Balaban J connectivity index is 0.000000186. The number of nitrogen functional groups attached to an aromatic ring is 2. The highest BCUT2D eigenvalue weighted by molar-refractivity contribution is 14.1. The van der Waals surface area contributed by atoms with Crippen LogP contribution in [-0.4, -0.2) is 32.7 Å². The number of aromatic hydroxyl groups is 3. The molecule has 0 spiro atoms. The number of halogens is 4. The van der Waals surface area contributed by atoms with Crippen LogP contribution in [0.5, 0.6) is 34.5 Å². The van der Waals surface area contributed by atoms with Crippen LogP contribution in [-0.2, 0) is 19.3 Å². The molecule has 0 amide bonds. The first-order valence-electron chi connectivity index (χ1n) is 28.7. The molecule has 456 valence electrons. The first-order valence-corrected chi connectivity index (χ1v) is 32.4. The van der Waals surface area contributed by atoms with Crippen molar-refractivity contribution < 1.29 is 57.2 Å². The van der Waals surface area contributed by atoms with Gasteiger partial charge in [-0.05, 0) is 169 Å². The van der Waals surface area contributed by atoms with Gasteiger partial charge in [0.1, 0.15) is 62.8 Å². The molecule has 0 atom stereocenters. The van der Waals surface area contributed by atoms with Crippen molar-refractivity contribution in [3.63, 3.8) is 0 Å². The summed E-state index contributed by atoms with van der Waals surface area (Å²) in [5.74, 6) is 5.36. The molecular weight excluding hydrogens is 1460 g/mol. The van der Waals surface area contributed by atoms with E-state index < -0.39 is 0 Å². The van der Waals surface area contributed by atoms with Gasteiger partial charge in [-0.1, -0.05) is 80.5 Å². The van der Waals surface area contributed by atoms with E-state index in [1.807, 2.05) is 96.3 Å². The molecule has 18 heteroatoms. The summed E-state index contributed by atoms with van der Waals surface area (Å²) >= 11 is 10.6. The zero-order chi connectivity index (χ0) is 63.4. The van der Waals surface area contributed by atoms with Gasteiger partial charge < -0.3 is 54.2 Å². The van der Waals surface area contributed by atoms with E-state index in [-0.39, 0.29) is 46.0 Å². The molecule has 0 saturated heterocycles. The predicted octanol–water partition coefficient (Wildman–Crippen LogP) is 19.9. The summed E-state index contributed by atoms with van der Waals surface area (Å²) in [7, 11) is 0. The number of rotatable bonds is 24. The van der Waals surface area contributed by atoms with E-state index in [1.54, 1.807) is 48.5 Å². The Morgan fingerprint density at radius 2 is 0.759 bits per heavy atom. The molecular formula is C69H70Br2I2N2O12. The van der Waals surface area contributed by atoms with Gasteiger partial charge in [-0.2, -0.15) is 0 Å². The molecule has 0 radical (unpaired) electrons. The summed E-state index contributed by atoms with van der Waals surface area (Å²) in [6.07, 6.45) is 10.4. The molecule has 0 bridgehead atoms. The number of benzene rings is 6. The van der Waals surface area contributed by atoms with E-state index in [0.29, 0.717) is 137 Å². The number of carbonyl (C=O) groups excluding carboxylic acids is 3. The first-order chi connectivity index (χ1) is 41.5. The minimum absolute atomic E-state index is 0.0550. The molecule has 7 N–H and O–H groups in total. The van der Waals surface area contributed by atoms with Crippen LogP contribution in [0.25, 0.3) is 32.9 Å². The van der Waals surface area contributed by atoms with Gasteiger partial charge in [0.25, 0.3) is 0 Å². The molecule has 0 fully saturated rings. The normalized spacial score (nSPS) is 11.0. The van der Waals surface area contributed by atoms with Gasteiger partial charge in [-0.3, -0.25) is 14.4 Å². The number of phenols is 3. The lowest BCUT2D eigenvalue weighted by atomic mass is 9.98. The van der Waals surface area contributed by atoms with Crippen LogP contribution in [0.4, 0.5) is 11.4 Å². The third-order valence-electron chi connectivity index (χ3n) is 14.1. The standard InChI is InChI=1S/C23H22Br2O4.C23H22I2O4.C23H26N2O4/c3*1-4-6-7-13(3)28-15-8-9-16-20(12-15)29-19(5-2)21(16)22(26)14-10-17(24)23(27)18(25)11-14/h2*8-12,27H,3-7H2,1-2H3;8-12,27H,3-7,24-25H2,1-2H3. The molecule has 87 heavy (non-hydrogen) atoms. The molecule has 9 rings (SSSR count). The zero-order valence-corrected chi connectivity index (χ0v) is 56.9. The number of hydrogen-bond acceptors (Lipinski definition) is 14. The maximum Gasteiger partial charge on any atom is 0.197 e. The van der Waals surface area contributed by atoms with Gasteiger partial charge in [0.15, 0.2) is 23.1 Å². The second kappa shape index (κ2) is 30.8. The SMILES string of the molecule is C=C(CCCC)Oc1ccc2c(C(=O)c3cc(Br)c(O)c(Br)c3)c(CC)oc2c1.C=C(CCCC)Oc1ccc2c(C(=O)c3cc(I)c(O)c(I)c3)c(CC)oc2c1.C=C(CCCC)Oc1ccc2c(C(=O)c3cc(N)c(O)c(N)c3)c(CC)oc2c1. The van der Waals surface area contributed by atoms with Gasteiger partial charge in [0.2, 0.25) is 0 Å². The minimum atomic E-state index is -0.264. The third-order valence-corrected chi connectivity index (χ3v) is 16.9. The molecule has 0 aliphatic heterocycles. The number of ether oxygens (including phenoxy) is 3. The second-order valence-corrected chi connectivity index (χ2v) is 24.6. The lowest BCUT2D eigenvalue weighted by Crippen LogP contribution is -2.06. The lowest BCUT2D eigenvalue weighted by Gasteiger charge is -2.08. The topological polar surface area (TPSA) is 231 Å². The highest BCUT2D eigenvalue weighted by Gasteiger charge is 2.27. The van der Waals surface area contributed by atoms with Gasteiger partial charge in [-0.25, -0.2) is 0 Å². The van der Waals surface area contributed by atoms with Gasteiger partial charge in [0.05, 0.1) is 61.4 Å². The van der Waals surface area contributed by atoms with Crippen molar-refractivity contribution in [2.24, 2.45) is 0 Å². The van der Waals surface area contributed by atoms with E-state index in [4.69, 9.17) is 38.9 Å². The molecule has 0 aliphatic rings. The quantitative estimate of drug-likeness (QED) is 0.0125. The fraction of sp³-hybridized carbons (Fsp3) is 0.261. The molecule has 3 aromatic heterocycles. The highest BCUT2D eigenvalue weighted by Crippen LogP contribution is 2.40. The zero-order valence-electron chi connectivity index (χ0n) is 49.4. The Morgan fingerprint density at radius 1 is 0.460 bits per heavy atom. The van der Waals surface area contributed by atoms with Gasteiger partial charge in [0, 0.05) is 89.6 Å². The van der Waals surface area contributed by atoms with Crippen molar-refractivity contribution in [3.05, 3.63) is 195 Å². The number of furan rings is 3. The highest BCUT2D eigenvalue weighted by atomic mass is 127. The largest absolute Gasteiger partial charge is 0.506 e. The number of phenolic OH excluding ortho intramolecular Hbond substituents is 3. The summed E-state index contributed by atoms with van der Waals surface area (Å²) in [5, 5.41) is 31.9. The third kappa shape index (κ3) is 16.2. The molecule has 0 saturated carbocycles. The van der Waals surface area contributed by atoms with Crippen molar-refractivity contribution in [2.45, 2.75) is 119 Å². The van der Waals surface area contributed by atoms with Crippen LogP contribution >= 0.6 is 77.0 Å². The molecule has 0 unspecified atom stereocenters. The maximum absolute atomic E-state index is 13.3. The summed E-state index contributed by atoms with van der Waals surface area (Å²) in [6, 6.07) is 25.8. The van der Waals surface area contributed by atoms with Crippen LogP contribution in [0.2, 0.25) is 0 Å². The average Bonchev–Trinajstić information content (AvgIpc) is 1.76. The van der Waals surface area contributed by atoms with Crippen molar-refractivity contribution in [1.82, 2.24) is 0 Å². The summed E-state index contributed by atoms with van der Waals surface area (Å²) in [5.41, 5.74) is 16.3. The van der Waals surface area contributed by atoms with E-state index in [0.717, 1.165) is 74.3 Å². The number of carbonyl (C=O) groups is 3. The smallest absolute Gasteiger partial charge is 0.197 e. The van der Waals surface area contributed by atoms with E-state index in [9.17, 15) is 29.7 Å². The molecule has 14 nitrogen and oxygen atoms in total. The lowest BCUT2D eigenvalue weighted by molar-refractivity contribution is 0.103. The van der Waals surface area contributed by atoms with Crippen LogP contribution in [0, 0.1) is 7.14 Å². The Labute approximate surface area is 550 Å². The first kappa shape index (κ1) is 67.5. The number of ketones is 3. The number of nitrogens with two attached hydrogens (primary N) is 2. The van der Waals surface area contributed by atoms with E-state index >= 15 is 0 Å². The van der Waals surface area contributed by atoms with Crippen LogP contribution in [0.1, 0.15) is 164 Å². The van der Waals surface area contributed by atoms with Crippen molar-refractivity contribution in [2.75, 3.05) is 11.5 Å². The number of fused-ring (bicyclic) bond motifs is 3. The average molecular weight is 1530 g/mol. The summed E-state index contributed by atoms with van der Waals surface area (Å²) in [6.45, 7) is 24.1. The Morgan fingerprint density at radius 3 is 1.06 bits per heavy atom. The van der Waals surface area contributed by atoms with Crippen molar-refractivity contribution in [1.29, 1.82) is 0 Å². The minimum Gasteiger partial charge on any atom is -0.506 e. The molecule has 6 aromatic carbocycles. The maximum atomic E-state index is 13.3. The van der Waals surface area contributed by atoms with E-state index in [2.05, 4.69) is 72.4 Å². The second-order valence-electron chi connectivity index (χ2n) is 20.5. The fourth-order valence-electron chi connectivity index (χ4n) is 9.48. The van der Waals surface area contributed by atoms with Gasteiger partial charge >= 0.3 is 0 Å². The van der Waals surface area contributed by atoms with Crippen molar-refractivity contribution >= 4 is 139 Å². The number of allylic oxidation sites excluding steroid dienone is 3. The van der Waals surface area contributed by atoms with E-state index in [1.165, 1.54) is 12.1 Å². The van der Waals surface area contributed by atoms with Crippen LogP contribution < -0.4 is 25.7 Å². The molecule has 3 heterocycles. The number of anilines is 2. The summed E-state index contributed by atoms with van der Waals surface area (Å²) in [4.78, 5) is 39.8. The number of aryl methyl sites for hydroxylation is 3. The Hall–Kier alpha value is -7.01. The molecule has 0 aliphatic carbocycles. The van der Waals surface area contributed by atoms with Crippen LogP contribution in [0.3, 0.4) is 0 Å². The predicted molar refractivity (Wildman–Crippen MR) is 369 cm³/mol. The van der Waals surface area contributed by atoms with Gasteiger partial charge in [-0.15, -0.1) is 0 Å². The Kier molecular flexibility index (Phi) is 23.9. The fourth-order valence-corrected chi connectivity index (χ4v) is 12.4. The Bertz CT molecular complexity index is 3600. The summed E-state index contributed by atoms with van der Waals surface area (Å²) < 4.78 is 37.5. The molecule has 9 aromatic rings. The monoisotopic (exact) mass is 1530 g/mol. The van der Waals surface area contributed by atoms with Crippen LogP contribution in [0.15, 0.2) is 150 Å².